The minimum atomic E-state index is -0.576. The van der Waals surface area contributed by atoms with Gasteiger partial charge in [0.15, 0.2) is 0 Å². The molecule has 4 rings (SSSR count). The summed E-state index contributed by atoms with van der Waals surface area (Å²) in [4.78, 5) is 12.3. The first-order valence-corrected chi connectivity index (χ1v) is 8.35. The summed E-state index contributed by atoms with van der Waals surface area (Å²) in [6, 6.07) is 9.14. The molecule has 2 heterocycles. The summed E-state index contributed by atoms with van der Waals surface area (Å²) < 4.78 is 29.6. The number of aryl methyl sites for hydroxylation is 1. The molecule has 0 spiro atoms. The number of benzene rings is 2. The minimum absolute atomic E-state index is 0.0475. The van der Waals surface area contributed by atoms with Crippen molar-refractivity contribution in [2.75, 3.05) is 5.32 Å². The van der Waals surface area contributed by atoms with Crippen LogP contribution in [0.25, 0.3) is 5.69 Å². The molecule has 1 unspecified atom stereocenters. The second-order valence-electron chi connectivity index (χ2n) is 6.55. The predicted octanol–water partition coefficient (Wildman–Crippen LogP) is 4.24. The van der Waals surface area contributed by atoms with Crippen molar-refractivity contribution in [2.45, 2.75) is 26.2 Å². The zero-order valence-electron chi connectivity index (χ0n) is 14.4. The van der Waals surface area contributed by atoms with Crippen molar-refractivity contribution < 1.29 is 13.6 Å². The molecule has 2 aromatic carbocycles. The first-order chi connectivity index (χ1) is 12.5. The maximum Gasteiger partial charge on any atom is 0.226 e. The van der Waals surface area contributed by atoms with E-state index in [0.717, 1.165) is 35.0 Å². The molecular weight excluding hydrogens is 336 g/mol. The Morgan fingerprint density at radius 3 is 2.77 bits per heavy atom. The number of nitrogens with one attached hydrogen (secondary N) is 1. The number of hydrogen-bond donors (Lipinski definition) is 1. The lowest BCUT2D eigenvalue weighted by molar-refractivity contribution is -0.116. The summed E-state index contributed by atoms with van der Waals surface area (Å²) >= 11 is 0. The molecule has 3 aromatic rings. The van der Waals surface area contributed by atoms with Crippen molar-refractivity contribution in [2.24, 2.45) is 0 Å². The number of nitrogens with zero attached hydrogens (tertiary/aromatic N) is 2. The van der Waals surface area contributed by atoms with Crippen LogP contribution in [0.3, 0.4) is 0 Å². The number of anilines is 1. The van der Waals surface area contributed by atoms with Gasteiger partial charge < -0.3 is 5.32 Å². The zero-order chi connectivity index (χ0) is 18.4. The van der Waals surface area contributed by atoms with Crippen LogP contribution in [0.5, 0.6) is 0 Å². The van der Waals surface area contributed by atoms with Crippen LogP contribution in [0.2, 0.25) is 0 Å². The summed E-state index contributed by atoms with van der Waals surface area (Å²) in [5, 5.41) is 7.25. The lowest BCUT2D eigenvalue weighted by atomic mass is 9.87. The van der Waals surface area contributed by atoms with Gasteiger partial charge in [-0.2, -0.15) is 5.10 Å². The van der Waals surface area contributed by atoms with Crippen molar-refractivity contribution >= 4 is 11.7 Å². The maximum absolute atomic E-state index is 14.3. The van der Waals surface area contributed by atoms with Crippen LogP contribution in [0.1, 0.15) is 34.6 Å². The molecule has 1 aromatic heterocycles. The van der Waals surface area contributed by atoms with E-state index < -0.39 is 17.6 Å². The monoisotopic (exact) mass is 353 g/mol. The topological polar surface area (TPSA) is 46.9 Å². The lowest BCUT2D eigenvalue weighted by Gasteiger charge is -2.24. The fourth-order valence-electron chi connectivity index (χ4n) is 3.43. The van der Waals surface area contributed by atoms with Gasteiger partial charge in [0.05, 0.1) is 11.9 Å². The average Bonchev–Trinajstić information content (AvgIpc) is 3.02. The van der Waals surface area contributed by atoms with Crippen molar-refractivity contribution in [1.82, 2.24) is 9.78 Å². The molecule has 6 heteroatoms. The zero-order valence-corrected chi connectivity index (χ0v) is 14.4. The van der Waals surface area contributed by atoms with E-state index in [2.05, 4.69) is 10.4 Å². The van der Waals surface area contributed by atoms with Gasteiger partial charge in [0.25, 0.3) is 0 Å². The highest BCUT2D eigenvalue weighted by molar-refractivity contribution is 5.94. The van der Waals surface area contributed by atoms with Crippen LogP contribution >= 0.6 is 0 Å². The first kappa shape index (κ1) is 16.4. The van der Waals surface area contributed by atoms with Gasteiger partial charge in [0.1, 0.15) is 17.5 Å². The van der Waals surface area contributed by atoms with Gasteiger partial charge in [0.2, 0.25) is 5.91 Å². The van der Waals surface area contributed by atoms with E-state index in [1.165, 1.54) is 0 Å². The van der Waals surface area contributed by atoms with E-state index in [9.17, 15) is 13.6 Å². The van der Waals surface area contributed by atoms with Gasteiger partial charge in [-0.1, -0.05) is 12.1 Å². The molecule has 1 aliphatic heterocycles. The standard InChI is InChI=1S/C20H17F2N3O/c1-11-4-3-5-18(12(11)2)25-20-16(10-23-25)14(9-19(26)24-20)15-8-13(21)6-7-17(15)22/h3-8,10,14H,9H2,1-2H3,(H,24,26). The van der Waals surface area contributed by atoms with Crippen LogP contribution in [0.4, 0.5) is 14.6 Å². The molecule has 0 saturated carbocycles. The molecule has 1 aliphatic rings. The Morgan fingerprint density at radius 1 is 1.15 bits per heavy atom. The first-order valence-electron chi connectivity index (χ1n) is 8.35. The van der Waals surface area contributed by atoms with Gasteiger partial charge in [0, 0.05) is 17.9 Å². The molecule has 1 amide bonds. The summed E-state index contributed by atoms with van der Waals surface area (Å²) in [6.45, 7) is 3.98. The van der Waals surface area contributed by atoms with E-state index in [0.29, 0.717) is 11.4 Å². The smallest absolute Gasteiger partial charge is 0.226 e. The highest BCUT2D eigenvalue weighted by Crippen LogP contribution is 2.39. The van der Waals surface area contributed by atoms with Gasteiger partial charge in [-0.05, 0) is 54.8 Å². The van der Waals surface area contributed by atoms with Crippen molar-refractivity contribution in [3.05, 3.63) is 76.5 Å². The van der Waals surface area contributed by atoms with Crippen LogP contribution in [-0.2, 0) is 4.79 Å². The largest absolute Gasteiger partial charge is 0.310 e. The molecule has 0 saturated heterocycles. The van der Waals surface area contributed by atoms with Gasteiger partial charge in [-0.3, -0.25) is 4.79 Å². The Kier molecular flexibility index (Phi) is 3.83. The summed E-state index contributed by atoms with van der Waals surface area (Å²) in [7, 11) is 0. The Hall–Kier alpha value is -3.02. The van der Waals surface area contributed by atoms with E-state index in [1.807, 2.05) is 32.0 Å². The number of carbonyl (C=O) groups is 1. The molecule has 0 aliphatic carbocycles. The third-order valence-corrected chi connectivity index (χ3v) is 4.96. The van der Waals surface area contributed by atoms with Crippen LogP contribution < -0.4 is 5.32 Å². The number of rotatable bonds is 2. The number of fused-ring (bicyclic) bond motifs is 1. The Balaban J connectivity index is 1.88. The second kappa shape index (κ2) is 6.05. The SMILES string of the molecule is Cc1cccc(-n2ncc3c2NC(=O)CC3c2cc(F)ccc2F)c1C. The normalized spacial score (nSPS) is 16.3. The molecular formula is C20H17F2N3O. The third kappa shape index (κ3) is 2.58. The summed E-state index contributed by atoms with van der Waals surface area (Å²) in [6.07, 6.45) is 1.66. The van der Waals surface area contributed by atoms with Crippen LogP contribution in [0, 0.1) is 25.5 Å². The fourth-order valence-corrected chi connectivity index (χ4v) is 3.43. The van der Waals surface area contributed by atoms with Gasteiger partial charge in [-0.15, -0.1) is 0 Å². The average molecular weight is 353 g/mol. The molecule has 1 atom stereocenters. The van der Waals surface area contributed by atoms with Crippen molar-refractivity contribution in [1.29, 1.82) is 0 Å². The lowest BCUT2D eigenvalue weighted by Crippen LogP contribution is -2.25. The number of amides is 1. The van der Waals surface area contributed by atoms with Crippen LogP contribution in [-0.4, -0.2) is 15.7 Å². The van der Waals surface area contributed by atoms with E-state index in [1.54, 1.807) is 10.9 Å². The summed E-state index contributed by atoms with van der Waals surface area (Å²) in [5.74, 6) is -1.39. The molecule has 0 bridgehead atoms. The Bertz CT molecular complexity index is 1030. The molecule has 1 N–H and O–H groups in total. The van der Waals surface area contributed by atoms with Crippen molar-refractivity contribution in [3.8, 4) is 5.69 Å². The van der Waals surface area contributed by atoms with E-state index >= 15 is 0 Å². The van der Waals surface area contributed by atoms with Crippen LogP contribution in [0.15, 0.2) is 42.6 Å². The second-order valence-corrected chi connectivity index (χ2v) is 6.55. The highest BCUT2D eigenvalue weighted by Gasteiger charge is 2.32. The Labute approximate surface area is 149 Å². The Morgan fingerprint density at radius 2 is 1.96 bits per heavy atom. The molecule has 4 nitrogen and oxygen atoms in total. The number of halogens is 2. The molecule has 0 radical (unpaired) electrons. The minimum Gasteiger partial charge on any atom is -0.310 e. The number of aromatic nitrogens is 2. The predicted molar refractivity (Wildman–Crippen MR) is 94.5 cm³/mol. The van der Waals surface area contributed by atoms with Crippen molar-refractivity contribution in [3.63, 3.8) is 0 Å². The van der Waals surface area contributed by atoms with E-state index in [-0.39, 0.29) is 17.9 Å². The maximum atomic E-state index is 14.3. The summed E-state index contributed by atoms with van der Waals surface area (Å²) in [5.41, 5.74) is 3.82. The van der Waals surface area contributed by atoms with E-state index in [4.69, 9.17) is 0 Å². The number of carbonyl (C=O) groups excluding carboxylic acids is 1. The molecule has 0 fully saturated rings. The van der Waals surface area contributed by atoms with Gasteiger partial charge >= 0.3 is 0 Å². The quantitative estimate of drug-likeness (QED) is 0.749. The fraction of sp³-hybridized carbons (Fsp3) is 0.200. The molecule has 26 heavy (non-hydrogen) atoms. The highest BCUT2D eigenvalue weighted by atomic mass is 19.1. The van der Waals surface area contributed by atoms with Gasteiger partial charge in [-0.25, -0.2) is 13.5 Å². The molecule has 132 valence electrons. The third-order valence-electron chi connectivity index (χ3n) is 4.96. The number of hydrogen-bond acceptors (Lipinski definition) is 2.